The van der Waals surface area contributed by atoms with Crippen LogP contribution in [0, 0.1) is 0 Å². The van der Waals surface area contributed by atoms with Gasteiger partial charge in [0.25, 0.3) is 5.91 Å². The number of nitrogens with one attached hydrogen (secondary N) is 1. The lowest BCUT2D eigenvalue weighted by Gasteiger charge is -2.14. The summed E-state index contributed by atoms with van der Waals surface area (Å²) in [5.74, 6) is -1.61. The van der Waals surface area contributed by atoms with Crippen molar-refractivity contribution in [1.29, 1.82) is 0 Å². The molecule has 2 N–H and O–H groups in total. The lowest BCUT2D eigenvalue weighted by Crippen LogP contribution is -2.37. The molecule has 0 radical (unpaired) electrons. The van der Waals surface area contributed by atoms with Gasteiger partial charge < -0.3 is 15.3 Å². The molecule has 0 atom stereocenters. The average Bonchev–Trinajstić information content (AvgIpc) is 2.49. The van der Waals surface area contributed by atoms with Gasteiger partial charge in [0, 0.05) is 25.2 Å². The van der Waals surface area contributed by atoms with Gasteiger partial charge in [-0.15, -0.1) is 0 Å². The Bertz CT molecular complexity index is 567. The SMILES string of the molecule is CCN(C)C(=O)CNC(=O)c1cccc(/C=C/C(=O)O)c1. The zero-order chi connectivity index (χ0) is 15.8. The fourth-order valence-corrected chi connectivity index (χ4v) is 1.52. The first-order valence-electron chi connectivity index (χ1n) is 6.47. The molecule has 0 bridgehead atoms. The molecule has 0 heterocycles. The number of rotatable bonds is 6. The van der Waals surface area contributed by atoms with Crippen LogP contribution in [-0.2, 0) is 9.59 Å². The first-order chi connectivity index (χ1) is 9.93. The van der Waals surface area contributed by atoms with Crippen molar-refractivity contribution < 1.29 is 19.5 Å². The Kier molecular flexibility index (Phi) is 6.13. The Morgan fingerprint density at radius 2 is 2.05 bits per heavy atom. The summed E-state index contributed by atoms with van der Waals surface area (Å²) < 4.78 is 0. The number of amides is 2. The van der Waals surface area contributed by atoms with E-state index in [4.69, 9.17) is 5.11 Å². The highest BCUT2D eigenvalue weighted by Gasteiger charge is 2.10. The predicted molar refractivity (Wildman–Crippen MR) is 78.8 cm³/mol. The summed E-state index contributed by atoms with van der Waals surface area (Å²) >= 11 is 0. The van der Waals surface area contributed by atoms with E-state index >= 15 is 0 Å². The molecule has 0 fully saturated rings. The molecule has 0 aliphatic heterocycles. The van der Waals surface area contributed by atoms with Gasteiger partial charge in [0.05, 0.1) is 6.54 Å². The fourth-order valence-electron chi connectivity index (χ4n) is 1.52. The zero-order valence-corrected chi connectivity index (χ0v) is 12.0. The van der Waals surface area contributed by atoms with Gasteiger partial charge in [-0.05, 0) is 30.7 Å². The molecule has 0 aromatic heterocycles. The normalized spacial score (nSPS) is 10.4. The van der Waals surface area contributed by atoms with E-state index in [-0.39, 0.29) is 18.4 Å². The molecule has 0 saturated heterocycles. The Morgan fingerprint density at radius 3 is 2.67 bits per heavy atom. The van der Waals surface area contributed by atoms with Crippen molar-refractivity contribution in [2.75, 3.05) is 20.1 Å². The van der Waals surface area contributed by atoms with Gasteiger partial charge in [0.15, 0.2) is 0 Å². The van der Waals surface area contributed by atoms with Gasteiger partial charge in [-0.2, -0.15) is 0 Å². The summed E-state index contributed by atoms with van der Waals surface area (Å²) in [5.41, 5.74) is 0.969. The molecule has 0 aliphatic rings. The Balaban J connectivity index is 2.68. The first-order valence-corrected chi connectivity index (χ1v) is 6.47. The smallest absolute Gasteiger partial charge is 0.328 e. The highest BCUT2D eigenvalue weighted by atomic mass is 16.4. The number of carbonyl (C=O) groups excluding carboxylic acids is 2. The minimum Gasteiger partial charge on any atom is -0.478 e. The number of carboxylic acids is 1. The predicted octanol–water partition coefficient (Wildman–Crippen LogP) is 0.992. The minimum atomic E-state index is -1.06. The average molecular weight is 290 g/mol. The largest absolute Gasteiger partial charge is 0.478 e. The van der Waals surface area contributed by atoms with Crippen molar-refractivity contribution in [3.8, 4) is 0 Å². The van der Waals surface area contributed by atoms with Crippen molar-refractivity contribution in [1.82, 2.24) is 10.2 Å². The Labute approximate surface area is 123 Å². The third-order valence-electron chi connectivity index (χ3n) is 2.87. The van der Waals surface area contributed by atoms with E-state index in [9.17, 15) is 14.4 Å². The monoisotopic (exact) mass is 290 g/mol. The second-order valence-electron chi connectivity index (χ2n) is 4.39. The van der Waals surface area contributed by atoms with Crippen molar-refractivity contribution in [2.24, 2.45) is 0 Å². The van der Waals surface area contributed by atoms with Crippen LogP contribution in [0.4, 0.5) is 0 Å². The van der Waals surface area contributed by atoms with Crippen molar-refractivity contribution in [2.45, 2.75) is 6.92 Å². The van der Waals surface area contributed by atoms with Crippen molar-refractivity contribution in [3.05, 3.63) is 41.5 Å². The Morgan fingerprint density at radius 1 is 1.33 bits per heavy atom. The molecule has 1 rings (SSSR count). The molecule has 1 aromatic rings. The molecule has 1 aromatic carbocycles. The number of nitrogens with zero attached hydrogens (tertiary/aromatic N) is 1. The van der Waals surface area contributed by atoms with Crippen LogP contribution in [0.15, 0.2) is 30.3 Å². The van der Waals surface area contributed by atoms with Crippen LogP contribution in [0.5, 0.6) is 0 Å². The third-order valence-corrected chi connectivity index (χ3v) is 2.87. The number of hydrogen-bond donors (Lipinski definition) is 2. The van der Waals surface area contributed by atoms with E-state index in [2.05, 4.69) is 5.32 Å². The number of aliphatic carboxylic acids is 1. The minimum absolute atomic E-state index is 0.0711. The summed E-state index contributed by atoms with van der Waals surface area (Å²) in [7, 11) is 1.66. The van der Waals surface area contributed by atoms with Crippen LogP contribution in [0.25, 0.3) is 6.08 Å². The van der Waals surface area contributed by atoms with Crippen LogP contribution in [0.1, 0.15) is 22.8 Å². The highest BCUT2D eigenvalue weighted by Crippen LogP contribution is 2.07. The van der Waals surface area contributed by atoms with Crippen LogP contribution in [-0.4, -0.2) is 47.9 Å². The van der Waals surface area contributed by atoms with Gasteiger partial charge in [-0.3, -0.25) is 9.59 Å². The molecule has 0 spiro atoms. The van der Waals surface area contributed by atoms with Gasteiger partial charge >= 0.3 is 5.97 Å². The second kappa shape index (κ2) is 7.84. The number of likely N-dealkylation sites (N-methyl/N-ethyl adjacent to an activating group) is 1. The van der Waals surface area contributed by atoms with E-state index in [1.807, 2.05) is 6.92 Å². The number of carboxylic acid groups (broad SMARTS) is 1. The Hall–Kier alpha value is -2.63. The fraction of sp³-hybridized carbons (Fsp3) is 0.267. The molecule has 2 amide bonds. The highest BCUT2D eigenvalue weighted by molar-refractivity contribution is 5.97. The van der Waals surface area contributed by atoms with Gasteiger partial charge in [0.1, 0.15) is 0 Å². The van der Waals surface area contributed by atoms with E-state index < -0.39 is 5.97 Å². The summed E-state index contributed by atoms with van der Waals surface area (Å²) in [6.45, 7) is 2.35. The molecule has 21 heavy (non-hydrogen) atoms. The standard InChI is InChI=1S/C15H18N2O4/c1-3-17(2)13(18)10-16-15(21)12-6-4-5-11(9-12)7-8-14(19)20/h4-9H,3,10H2,1-2H3,(H,16,21)(H,19,20)/b8-7+. The first kappa shape index (κ1) is 16.4. The van der Waals surface area contributed by atoms with Gasteiger partial charge in [-0.25, -0.2) is 4.79 Å². The lowest BCUT2D eigenvalue weighted by molar-refractivity contribution is -0.131. The molecule has 0 unspecified atom stereocenters. The molecule has 112 valence electrons. The van der Waals surface area contributed by atoms with Crippen LogP contribution in [0.3, 0.4) is 0 Å². The topological polar surface area (TPSA) is 86.7 Å². The van der Waals surface area contributed by atoms with Crippen LogP contribution < -0.4 is 5.32 Å². The maximum absolute atomic E-state index is 11.9. The summed E-state index contributed by atoms with van der Waals surface area (Å²) in [6.07, 6.45) is 2.39. The maximum atomic E-state index is 11.9. The van der Waals surface area contributed by atoms with E-state index in [1.54, 1.807) is 31.3 Å². The van der Waals surface area contributed by atoms with Crippen molar-refractivity contribution in [3.63, 3.8) is 0 Å². The summed E-state index contributed by atoms with van der Waals surface area (Å²) in [5, 5.41) is 11.1. The van der Waals surface area contributed by atoms with E-state index in [1.165, 1.54) is 11.0 Å². The molecule has 6 heteroatoms. The molecular formula is C15H18N2O4. The molecular weight excluding hydrogens is 272 g/mol. The molecule has 0 aliphatic carbocycles. The number of carbonyl (C=O) groups is 3. The van der Waals surface area contributed by atoms with Crippen LogP contribution in [0.2, 0.25) is 0 Å². The van der Waals surface area contributed by atoms with Gasteiger partial charge in [-0.1, -0.05) is 12.1 Å². The summed E-state index contributed by atoms with van der Waals surface area (Å²) in [6, 6.07) is 6.49. The zero-order valence-electron chi connectivity index (χ0n) is 12.0. The van der Waals surface area contributed by atoms with Crippen molar-refractivity contribution >= 4 is 23.9 Å². The number of hydrogen-bond acceptors (Lipinski definition) is 3. The van der Waals surface area contributed by atoms with E-state index in [0.717, 1.165) is 6.08 Å². The molecule has 0 saturated carbocycles. The maximum Gasteiger partial charge on any atom is 0.328 e. The van der Waals surface area contributed by atoms with E-state index in [0.29, 0.717) is 17.7 Å². The third kappa shape index (κ3) is 5.48. The summed E-state index contributed by atoms with van der Waals surface area (Å²) in [4.78, 5) is 35.5. The lowest BCUT2D eigenvalue weighted by atomic mass is 10.1. The van der Waals surface area contributed by atoms with Crippen LogP contribution >= 0.6 is 0 Å². The van der Waals surface area contributed by atoms with Gasteiger partial charge in [0.2, 0.25) is 5.91 Å². The second-order valence-corrected chi connectivity index (χ2v) is 4.39. The number of benzene rings is 1. The molecule has 6 nitrogen and oxygen atoms in total. The quantitative estimate of drug-likeness (QED) is 0.765.